The van der Waals surface area contributed by atoms with E-state index in [9.17, 15) is 13.6 Å². The lowest BCUT2D eigenvalue weighted by atomic mass is 10.1. The molecule has 0 aliphatic heterocycles. The number of carbonyl (C=O) groups excluding carboxylic acids is 1. The molecule has 0 unspecified atom stereocenters. The molecule has 2 rings (SSSR count). The summed E-state index contributed by atoms with van der Waals surface area (Å²) < 4.78 is 25.9. The largest absolute Gasteiger partial charge is 0.289 e. The van der Waals surface area contributed by atoms with Crippen molar-refractivity contribution in [1.82, 2.24) is 0 Å². The second-order valence-electron chi connectivity index (χ2n) is 3.66. The van der Waals surface area contributed by atoms with Crippen molar-refractivity contribution in [3.05, 3.63) is 65.3 Å². The fourth-order valence-corrected chi connectivity index (χ4v) is 1.54. The summed E-state index contributed by atoms with van der Waals surface area (Å²) in [4.78, 5) is 11.6. The van der Waals surface area contributed by atoms with E-state index in [-0.39, 0.29) is 11.3 Å². The molecule has 1 aromatic rings. The monoisotopic (exact) mass is 232 g/mol. The Morgan fingerprint density at radius 1 is 1.29 bits per heavy atom. The van der Waals surface area contributed by atoms with Gasteiger partial charge in [0.15, 0.2) is 5.78 Å². The van der Waals surface area contributed by atoms with Crippen molar-refractivity contribution >= 4 is 11.9 Å². The first-order valence-electron chi connectivity index (χ1n) is 5.21. The van der Waals surface area contributed by atoms with Crippen LogP contribution in [0.2, 0.25) is 0 Å². The van der Waals surface area contributed by atoms with Crippen LogP contribution in [0.4, 0.5) is 8.78 Å². The normalized spacial score (nSPS) is 14.4. The molecule has 0 amide bonds. The molecule has 17 heavy (non-hydrogen) atoms. The Balaban J connectivity index is 2.15. The summed E-state index contributed by atoms with van der Waals surface area (Å²) in [5.41, 5.74) is 0.797. The van der Waals surface area contributed by atoms with Crippen molar-refractivity contribution in [2.45, 2.75) is 6.42 Å². The molecule has 0 N–H and O–H groups in total. The van der Waals surface area contributed by atoms with Crippen LogP contribution < -0.4 is 0 Å². The Hall–Kier alpha value is -2.03. The zero-order valence-corrected chi connectivity index (χ0v) is 8.99. The van der Waals surface area contributed by atoms with Crippen LogP contribution in [0, 0.1) is 11.6 Å². The maximum atomic E-state index is 13.2. The zero-order chi connectivity index (χ0) is 12.3. The van der Waals surface area contributed by atoms with E-state index in [0.717, 1.165) is 18.6 Å². The van der Waals surface area contributed by atoms with E-state index < -0.39 is 11.6 Å². The average Bonchev–Trinajstić information content (AvgIpc) is 2.81. The molecule has 0 saturated heterocycles. The lowest BCUT2D eigenvalue weighted by molar-refractivity contribution is -0.111. The minimum absolute atomic E-state index is 0.178. The van der Waals surface area contributed by atoms with Crippen LogP contribution in [0.25, 0.3) is 6.08 Å². The molecule has 1 aliphatic rings. The molecule has 3 heteroatoms. The quantitative estimate of drug-likeness (QED) is 0.729. The molecular weight excluding hydrogens is 222 g/mol. The molecule has 1 aliphatic carbocycles. The van der Waals surface area contributed by atoms with Crippen LogP contribution in [-0.4, -0.2) is 5.78 Å². The van der Waals surface area contributed by atoms with Gasteiger partial charge in [-0.25, -0.2) is 8.78 Å². The summed E-state index contributed by atoms with van der Waals surface area (Å²) in [5.74, 6) is -1.49. The first kappa shape index (κ1) is 11.5. The Morgan fingerprint density at radius 2 is 2.12 bits per heavy atom. The Morgan fingerprint density at radius 3 is 2.76 bits per heavy atom. The fraction of sp³-hybridized carbons (Fsp3) is 0.0714. The van der Waals surface area contributed by atoms with Gasteiger partial charge in [-0.1, -0.05) is 18.2 Å². The number of benzene rings is 1. The number of halogens is 2. The molecule has 86 valence electrons. The summed E-state index contributed by atoms with van der Waals surface area (Å²) in [6.45, 7) is 0. The smallest absolute Gasteiger partial charge is 0.185 e. The molecule has 0 saturated carbocycles. The summed E-state index contributed by atoms with van der Waals surface area (Å²) in [6, 6.07) is 3.24. The predicted molar refractivity (Wildman–Crippen MR) is 62.2 cm³/mol. The lowest BCUT2D eigenvalue weighted by Gasteiger charge is -1.96. The van der Waals surface area contributed by atoms with Crippen LogP contribution in [0.15, 0.2) is 48.1 Å². The SMILES string of the molecule is O=C(/C=C/c1ccc(F)cc1F)C1=CCC=C1. The predicted octanol–water partition coefficient (Wildman–Crippen LogP) is 3.43. The maximum Gasteiger partial charge on any atom is 0.185 e. The van der Waals surface area contributed by atoms with Gasteiger partial charge in [0.25, 0.3) is 0 Å². The lowest BCUT2D eigenvalue weighted by Crippen LogP contribution is -1.94. The second kappa shape index (κ2) is 4.87. The topological polar surface area (TPSA) is 17.1 Å². The minimum atomic E-state index is -0.676. The summed E-state index contributed by atoms with van der Waals surface area (Å²) in [5, 5.41) is 0. The third-order valence-electron chi connectivity index (χ3n) is 2.43. The van der Waals surface area contributed by atoms with E-state index in [1.54, 1.807) is 12.2 Å². The summed E-state index contributed by atoms with van der Waals surface area (Å²) in [6.07, 6.45) is 8.79. The van der Waals surface area contributed by atoms with E-state index in [4.69, 9.17) is 0 Å². The standard InChI is InChI=1S/C14H10F2O/c15-12-7-5-10(13(16)9-12)6-8-14(17)11-3-1-2-4-11/h1,3-9H,2H2/b8-6+. The van der Waals surface area contributed by atoms with E-state index in [0.29, 0.717) is 5.57 Å². The van der Waals surface area contributed by atoms with Gasteiger partial charge in [0, 0.05) is 17.2 Å². The van der Waals surface area contributed by atoms with Crippen LogP contribution in [0.1, 0.15) is 12.0 Å². The highest BCUT2D eigenvalue weighted by atomic mass is 19.1. The highest BCUT2D eigenvalue weighted by molar-refractivity contribution is 6.08. The van der Waals surface area contributed by atoms with Gasteiger partial charge in [-0.15, -0.1) is 0 Å². The van der Waals surface area contributed by atoms with Gasteiger partial charge in [0.05, 0.1) is 0 Å². The molecule has 0 heterocycles. The molecule has 0 atom stereocenters. The van der Waals surface area contributed by atoms with E-state index in [1.807, 2.05) is 6.08 Å². The summed E-state index contributed by atoms with van der Waals surface area (Å²) in [7, 11) is 0. The number of allylic oxidation sites excluding steroid dienone is 5. The summed E-state index contributed by atoms with van der Waals surface area (Å²) >= 11 is 0. The van der Waals surface area contributed by atoms with Gasteiger partial charge in [-0.3, -0.25) is 4.79 Å². The molecule has 0 spiro atoms. The average molecular weight is 232 g/mol. The van der Waals surface area contributed by atoms with Crippen LogP contribution in [-0.2, 0) is 4.79 Å². The number of ketones is 1. The first-order chi connectivity index (χ1) is 8.16. The van der Waals surface area contributed by atoms with E-state index in [1.165, 1.54) is 18.2 Å². The van der Waals surface area contributed by atoms with Gasteiger partial charge >= 0.3 is 0 Å². The van der Waals surface area contributed by atoms with Crippen molar-refractivity contribution < 1.29 is 13.6 Å². The third kappa shape index (κ3) is 2.75. The van der Waals surface area contributed by atoms with Crippen molar-refractivity contribution in [3.63, 3.8) is 0 Å². The third-order valence-corrected chi connectivity index (χ3v) is 2.43. The fourth-order valence-electron chi connectivity index (χ4n) is 1.54. The Bertz CT molecular complexity index is 539. The van der Waals surface area contributed by atoms with Gasteiger partial charge in [0.2, 0.25) is 0 Å². The van der Waals surface area contributed by atoms with Crippen molar-refractivity contribution in [2.75, 3.05) is 0 Å². The number of hydrogen-bond acceptors (Lipinski definition) is 1. The minimum Gasteiger partial charge on any atom is -0.289 e. The van der Waals surface area contributed by atoms with E-state index in [2.05, 4.69) is 0 Å². The first-order valence-corrected chi connectivity index (χ1v) is 5.21. The molecule has 1 aromatic carbocycles. The zero-order valence-electron chi connectivity index (χ0n) is 8.99. The molecule has 0 bridgehead atoms. The van der Waals surface area contributed by atoms with E-state index >= 15 is 0 Å². The number of carbonyl (C=O) groups is 1. The number of hydrogen-bond donors (Lipinski definition) is 0. The van der Waals surface area contributed by atoms with Gasteiger partial charge in [-0.2, -0.15) is 0 Å². The second-order valence-corrected chi connectivity index (χ2v) is 3.66. The molecule has 0 fully saturated rings. The van der Waals surface area contributed by atoms with Crippen LogP contribution in [0.3, 0.4) is 0 Å². The molecule has 0 radical (unpaired) electrons. The van der Waals surface area contributed by atoms with Gasteiger partial charge in [-0.05, 0) is 30.7 Å². The van der Waals surface area contributed by atoms with Gasteiger partial charge in [0.1, 0.15) is 11.6 Å². The highest BCUT2D eigenvalue weighted by Crippen LogP contribution is 2.14. The van der Waals surface area contributed by atoms with Gasteiger partial charge < -0.3 is 0 Å². The van der Waals surface area contributed by atoms with Crippen molar-refractivity contribution in [2.24, 2.45) is 0 Å². The molecular formula is C14H10F2O. The molecule has 1 nitrogen and oxygen atoms in total. The van der Waals surface area contributed by atoms with Crippen LogP contribution in [0.5, 0.6) is 0 Å². The highest BCUT2D eigenvalue weighted by Gasteiger charge is 2.06. The Kier molecular flexibility index (Phi) is 3.28. The number of rotatable bonds is 3. The Labute approximate surface area is 97.8 Å². The molecule has 0 aromatic heterocycles. The van der Waals surface area contributed by atoms with Crippen molar-refractivity contribution in [1.29, 1.82) is 0 Å². The van der Waals surface area contributed by atoms with Crippen molar-refractivity contribution in [3.8, 4) is 0 Å². The maximum absolute atomic E-state index is 13.2. The van der Waals surface area contributed by atoms with Crippen LogP contribution >= 0.6 is 0 Å².